The number of terminal acetylenes is 1. The van der Waals surface area contributed by atoms with Crippen molar-refractivity contribution in [2.45, 2.75) is 32.4 Å². The third-order valence-corrected chi connectivity index (χ3v) is 3.28. The highest BCUT2D eigenvalue weighted by Gasteiger charge is 2.27. The molecule has 0 radical (unpaired) electrons. The summed E-state index contributed by atoms with van der Waals surface area (Å²) in [6.07, 6.45) is 5.18. The summed E-state index contributed by atoms with van der Waals surface area (Å²) in [6.45, 7) is 7.61. The van der Waals surface area contributed by atoms with Gasteiger partial charge in [-0.2, -0.15) is 0 Å². The molecule has 0 saturated carbocycles. The molecule has 1 atom stereocenters. The minimum absolute atomic E-state index is 0.0829. The van der Waals surface area contributed by atoms with Crippen molar-refractivity contribution in [2.75, 3.05) is 19.6 Å². The van der Waals surface area contributed by atoms with Crippen molar-refractivity contribution in [2.24, 2.45) is 0 Å². The molecule has 1 aromatic carbocycles. The van der Waals surface area contributed by atoms with Gasteiger partial charge in [-0.05, 0) is 38.5 Å². The van der Waals surface area contributed by atoms with Gasteiger partial charge in [0.1, 0.15) is 5.60 Å². The second-order valence-corrected chi connectivity index (χ2v) is 6.20. The van der Waals surface area contributed by atoms with Gasteiger partial charge in [0, 0.05) is 25.2 Å². The highest BCUT2D eigenvalue weighted by molar-refractivity contribution is 5.68. The molecule has 112 valence electrons. The van der Waals surface area contributed by atoms with E-state index in [9.17, 15) is 4.79 Å². The van der Waals surface area contributed by atoms with Crippen LogP contribution in [-0.2, 0) is 4.74 Å². The summed E-state index contributed by atoms with van der Waals surface area (Å²) in [4.78, 5) is 13.9. The first-order chi connectivity index (χ1) is 9.89. The number of ether oxygens (including phenoxy) is 1. The minimum atomic E-state index is -0.471. The Morgan fingerprint density at radius 3 is 2.90 bits per heavy atom. The van der Waals surface area contributed by atoms with Crippen molar-refractivity contribution in [1.82, 2.24) is 10.2 Å². The Balaban J connectivity index is 2.07. The van der Waals surface area contributed by atoms with Crippen molar-refractivity contribution >= 4 is 6.09 Å². The molecule has 1 amide bonds. The second-order valence-electron chi connectivity index (χ2n) is 6.20. The van der Waals surface area contributed by atoms with Crippen LogP contribution in [0.1, 0.15) is 37.9 Å². The quantitative estimate of drug-likeness (QED) is 0.807. The van der Waals surface area contributed by atoms with E-state index in [1.54, 1.807) is 4.90 Å². The van der Waals surface area contributed by atoms with Gasteiger partial charge in [0.25, 0.3) is 0 Å². The van der Waals surface area contributed by atoms with Crippen LogP contribution < -0.4 is 5.32 Å². The van der Waals surface area contributed by atoms with E-state index in [2.05, 4.69) is 11.2 Å². The SMILES string of the molecule is C#Cc1cccc(C2CN(C(=O)OC(C)(C)C)CCN2)c1. The number of nitrogens with one attached hydrogen (secondary N) is 1. The number of hydrogen-bond donors (Lipinski definition) is 1. The molecule has 1 unspecified atom stereocenters. The Kier molecular flexibility index (Phi) is 4.54. The lowest BCUT2D eigenvalue weighted by Gasteiger charge is -2.35. The van der Waals surface area contributed by atoms with Crippen LogP contribution >= 0.6 is 0 Å². The van der Waals surface area contributed by atoms with E-state index in [1.807, 2.05) is 45.0 Å². The molecule has 2 rings (SSSR count). The lowest BCUT2D eigenvalue weighted by molar-refractivity contribution is 0.0195. The molecule has 0 aromatic heterocycles. The fourth-order valence-electron chi connectivity index (χ4n) is 2.31. The zero-order valence-electron chi connectivity index (χ0n) is 12.8. The van der Waals surface area contributed by atoms with Crippen molar-refractivity contribution in [1.29, 1.82) is 0 Å². The summed E-state index contributed by atoms with van der Waals surface area (Å²) in [6, 6.07) is 7.93. The topological polar surface area (TPSA) is 41.6 Å². The first-order valence-electron chi connectivity index (χ1n) is 7.17. The highest BCUT2D eigenvalue weighted by Crippen LogP contribution is 2.20. The standard InChI is InChI=1S/C17H22N2O2/c1-5-13-7-6-8-14(11-13)15-12-19(10-9-18-15)16(20)21-17(2,3)4/h1,6-8,11,15,18H,9-10,12H2,2-4H3. The molecule has 0 spiro atoms. The average Bonchev–Trinajstić information content (AvgIpc) is 2.46. The Hall–Kier alpha value is -1.99. The summed E-state index contributed by atoms with van der Waals surface area (Å²) < 4.78 is 5.43. The fourth-order valence-corrected chi connectivity index (χ4v) is 2.31. The normalized spacial score (nSPS) is 19.0. The number of carbonyl (C=O) groups excluding carboxylic acids is 1. The van der Waals surface area contributed by atoms with Crippen LogP contribution in [0.2, 0.25) is 0 Å². The van der Waals surface area contributed by atoms with Crippen LogP contribution in [0.3, 0.4) is 0 Å². The van der Waals surface area contributed by atoms with Crippen molar-refractivity contribution in [3.8, 4) is 12.3 Å². The van der Waals surface area contributed by atoms with E-state index in [0.717, 1.165) is 17.7 Å². The molecule has 1 N–H and O–H groups in total. The lowest BCUT2D eigenvalue weighted by atomic mass is 10.0. The maximum atomic E-state index is 12.2. The molecule has 21 heavy (non-hydrogen) atoms. The maximum Gasteiger partial charge on any atom is 0.410 e. The molecular formula is C17H22N2O2. The van der Waals surface area contributed by atoms with E-state index in [-0.39, 0.29) is 12.1 Å². The van der Waals surface area contributed by atoms with E-state index >= 15 is 0 Å². The van der Waals surface area contributed by atoms with Gasteiger partial charge in [-0.1, -0.05) is 18.1 Å². The summed E-state index contributed by atoms with van der Waals surface area (Å²) in [5.41, 5.74) is 1.48. The first-order valence-corrected chi connectivity index (χ1v) is 7.17. The van der Waals surface area contributed by atoms with Gasteiger partial charge in [0.15, 0.2) is 0 Å². The van der Waals surface area contributed by atoms with E-state index < -0.39 is 5.60 Å². The van der Waals surface area contributed by atoms with Gasteiger partial charge < -0.3 is 15.0 Å². The lowest BCUT2D eigenvalue weighted by Crippen LogP contribution is -2.49. The van der Waals surface area contributed by atoms with Gasteiger partial charge in [-0.15, -0.1) is 6.42 Å². The van der Waals surface area contributed by atoms with Crippen molar-refractivity contribution in [3.05, 3.63) is 35.4 Å². The molecule has 1 aliphatic heterocycles. The Morgan fingerprint density at radius 2 is 2.24 bits per heavy atom. The van der Waals surface area contributed by atoms with Crippen molar-refractivity contribution in [3.63, 3.8) is 0 Å². The molecular weight excluding hydrogens is 264 g/mol. The second kappa shape index (κ2) is 6.19. The molecule has 0 aliphatic carbocycles. The Morgan fingerprint density at radius 1 is 1.48 bits per heavy atom. The van der Waals surface area contributed by atoms with Crippen LogP contribution in [0.25, 0.3) is 0 Å². The molecule has 4 nitrogen and oxygen atoms in total. The number of amides is 1. The highest BCUT2D eigenvalue weighted by atomic mass is 16.6. The van der Waals surface area contributed by atoms with Crippen LogP contribution in [0.5, 0.6) is 0 Å². The van der Waals surface area contributed by atoms with Gasteiger partial charge in [0.05, 0.1) is 6.04 Å². The number of benzene rings is 1. The zero-order valence-corrected chi connectivity index (χ0v) is 12.8. The van der Waals surface area contributed by atoms with Gasteiger partial charge in [-0.25, -0.2) is 4.79 Å². The predicted octanol–water partition coefficient (Wildman–Crippen LogP) is 2.55. The Bertz CT molecular complexity index is 555. The zero-order chi connectivity index (χ0) is 15.5. The van der Waals surface area contributed by atoms with E-state index in [1.165, 1.54) is 0 Å². The third kappa shape index (κ3) is 4.24. The number of nitrogens with zero attached hydrogens (tertiary/aromatic N) is 1. The smallest absolute Gasteiger partial charge is 0.410 e. The summed E-state index contributed by atoms with van der Waals surface area (Å²) >= 11 is 0. The van der Waals surface area contributed by atoms with E-state index in [0.29, 0.717) is 13.1 Å². The molecule has 0 bridgehead atoms. The summed E-state index contributed by atoms with van der Waals surface area (Å²) in [5, 5.41) is 3.42. The predicted molar refractivity (Wildman–Crippen MR) is 82.9 cm³/mol. The monoisotopic (exact) mass is 286 g/mol. The average molecular weight is 286 g/mol. The number of rotatable bonds is 1. The van der Waals surface area contributed by atoms with Crippen LogP contribution in [0, 0.1) is 12.3 Å². The molecule has 1 fully saturated rings. The first kappa shape index (κ1) is 15.4. The summed E-state index contributed by atoms with van der Waals surface area (Å²) in [5.74, 6) is 2.64. The molecule has 1 aliphatic rings. The maximum absolute atomic E-state index is 12.2. The number of piperazine rings is 1. The van der Waals surface area contributed by atoms with Crippen LogP contribution in [0.15, 0.2) is 24.3 Å². The number of carbonyl (C=O) groups is 1. The van der Waals surface area contributed by atoms with Gasteiger partial charge >= 0.3 is 6.09 Å². The summed E-state index contributed by atoms with van der Waals surface area (Å²) in [7, 11) is 0. The van der Waals surface area contributed by atoms with Gasteiger partial charge in [0.2, 0.25) is 0 Å². The fraction of sp³-hybridized carbons (Fsp3) is 0.471. The van der Waals surface area contributed by atoms with Crippen LogP contribution in [-0.4, -0.2) is 36.2 Å². The van der Waals surface area contributed by atoms with Crippen LogP contribution in [0.4, 0.5) is 4.79 Å². The molecule has 4 heteroatoms. The largest absolute Gasteiger partial charge is 0.444 e. The van der Waals surface area contributed by atoms with Crippen molar-refractivity contribution < 1.29 is 9.53 Å². The third-order valence-electron chi connectivity index (χ3n) is 3.28. The van der Waals surface area contributed by atoms with E-state index in [4.69, 9.17) is 11.2 Å². The molecule has 1 aromatic rings. The molecule has 1 saturated heterocycles. The minimum Gasteiger partial charge on any atom is -0.444 e. The van der Waals surface area contributed by atoms with Gasteiger partial charge in [-0.3, -0.25) is 0 Å². The Labute approximate surface area is 126 Å². The molecule has 1 heterocycles. The number of hydrogen-bond acceptors (Lipinski definition) is 3.